The van der Waals surface area contributed by atoms with Crippen molar-refractivity contribution < 1.29 is 13.9 Å². The SMILES string of the molecule is Cc1ccc2c(c1)C(=O)O[C@](C)(c1cc(=O)c3cc(C)ccc3o1)C2. The van der Waals surface area contributed by atoms with Gasteiger partial charge in [0.05, 0.1) is 10.9 Å². The van der Waals surface area contributed by atoms with Crippen LogP contribution in [0.5, 0.6) is 0 Å². The van der Waals surface area contributed by atoms with Gasteiger partial charge in [0.1, 0.15) is 5.58 Å². The molecule has 2 heterocycles. The molecule has 4 rings (SSSR count). The van der Waals surface area contributed by atoms with Crippen LogP contribution in [0, 0.1) is 13.8 Å². The average Bonchev–Trinajstić information content (AvgIpc) is 2.56. The first-order chi connectivity index (χ1) is 11.9. The zero-order valence-electron chi connectivity index (χ0n) is 14.4. The summed E-state index contributed by atoms with van der Waals surface area (Å²) in [5.74, 6) is -0.0208. The molecular formula is C21H18O4. The van der Waals surface area contributed by atoms with Gasteiger partial charge in [0.15, 0.2) is 16.8 Å². The van der Waals surface area contributed by atoms with E-state index in [1.165, 1.54) is 6.07 Å². The Morgan fingerprint density at radius 1 is 0.960 bits per heavy atom. The summed E-state index contributed by atoms with van der Waals surface area (Å²) in [4.78, 5) is 25.0. The molecule has 0 N–H and O–H groups in total. The second kappa shape index (κ2) is 5.31. The number of ether oxygens (including phenoxy) is 1. The predicted molar refractivity (Wildman–Crippen MR) is 94.9 cm³/mol. The van der Waals surface area contributed by atoms with Crippen molar-refractivity contribution in [3.05, 3.63) is 80.7 Å². The summed E-state index contributed by atoms with van der Waals surface area (Å²) in [7, 11) is 0. The van der Waals surface area contributed by atoms with Gasteiger partial charge >= 0.3 is 5.97 Å². The lowest BCUT2D eigenvalue weighted by atomic mass is 9.87. The third-order valence-corrected chi connectivity index (χ3v) is 4.73. The number of carbonyl (C=O) groups excluding carboxylic acids is 1. The van der Waals surface area contributed by atoms with Crippen molar-refractivity contribution in [2.24, 2.45) is 0 Å². The minimum absolute atomic E-state index is 0.132. The average molecular weight is 334 g/mol. The highest BCUT2D eigenvalue weighted by molar-refractivity contribution is 5.92. The molecule has 1 aromatic heterocycles. The Bertz CT molecular complexity index is 1080. The van der Waals surface area contributed by atoms with Crippen molar-refractivity contribution in [1.82, 2.24) is 0 Å². The van der Waals surface area contributed by atoms with E-state index in [4.69, 9.17) is 9.15 Å². The van der Waals surface area contributed by atoms with E-state index in [0.717, 1.165) is 16.7 Å². The first-order valence-electron chi connectivity index (χ1n) is 8.24. The van der Waals surface area contributed by atoms with Gasteiger partial charge in [-0.05, 0) is 44.5 Å². The van der Waals surface area contributed by atoms with Gasteiger partial charge in [-0.25, -0.2) is 4.79 Å². The summed E-state index contributed by atoms with van der Waals surface area (Å²) in [6, 6.07) is 12.6. The van der Waals surface area contributed by atoms with E-state index in [2.05, 4.69) is 0 Å². The Morgan fingerprint density at radius 3 is 2.48 bits per heavy atom. The van der Waals surface area contributed by atoms with Crippen LogP contribution in [0.1, 0.15) is 39.7 Å². The zero-order chi connectivity index (χ0) is 17.8. The summed E-state index contributed by atoms with van der Waals surface area (Å²) in [5, 5.41) is 0.533. The number of hydrogen-bond donors (Lipinski definition) is 0. The Hall–Kier alpha value is -2.88. The molecule has 1 aliphatic heterocycles. The molecule has 2 aromatic carbocycles. The molecule has 4 nitrogen and oxygen atoms in total. The van der Waals surface area contributed by atoms with Crippen molar-refractivity contribution >= 4 is 16.9 Å². The van der Waals surface area contributed by atoms with Crippen LogP contribution in [0.25, 0.3) is 11.0 Å². The Labute approximate surface area is 145 Å². The smallest absolute Gasteiger partial charge is 0.339 e. The quantitative estimate of drug-likeness (QED) is 0.630. The summed E-state index contributed by atoms with van der Waals surface area (Å²) in [5.41, 5.74) is 2.84. The predicted octanol–water partition coefficient (Wildman–Crippen LogP) is 4.04. The highest BCUT2D eigenvalue weighted by atomic mass is 16.6. The molecule has 3 aromatic rings. The van der Waals surface area contributed by atoms with Gasteiger partial charge in [-0.3, -0.25) is 4.79 Å². The van der Waals surface area contributed by atoms with Crippen molar-refractivity contribution in [2.45, 2.75) is 32.8 Å². The normalized spacial score (nSPS) is 19.6. The van der Waals surface area contributed by atoms with Crippen LogP contribution < -0.4 is 5.43 Å². The monoisotopic (exact) mass is 334 g/mol. The van der Waals surface area contributed by atoms with Crippen LogP contribution in [0.15, 0.2) is 51.7 Å². The fourth-order valence-electron chi connectivity index (χ4n) is 3.36. The first-order valence-corrected chi connectivity index (χ1v) is 8.24. The van der Waals surface area contributed by atoms with E-state index in [9.17, 15) is 9.59 Å². The lowest BCUT2D eigenvalue weighted by molar-refractivity contribution is -0.0284. The van der Waals surface area contributed by atoms with Gasteiger partial charge in [0.25, 0.3) is 0 Å². The molecule has 0 radical (unpaired) electrons. The largest absolute Gasteiger partial charge is 0.457 e. The van der Waals surface area contributed by atoms with Crippen molar-refractivity contribution in [2.75, 3.05) is 0 Å². The van der Waals surface area contributed by atoms with Crippen LogP contribution in [0.3, 0.4) is 0 Å². The number of esters is 1. The molecular weight excluding hydrogens is 316 g/mol. The molecule has 0 saturated heterocycles. The van der Waals surface area contributed by atoms with E-state index in [1.54, 1.807) is 19.1 Å². The number of benzene rings is 2. The molecule has 0 spiro atoms. The summed E-state index contributed by atoms with van der Waals surface area (Å²) >= 11 is 0. The van der Waals surface area contributed by atoms with Gasteiger partial charge < -0.3 is 9.15 Å². The number of carbonyl (C=O) groups is 1. The van der Waals surface area contributed by atoms with Crippen molar-refractivity contribution in [1.29, 1.82) is 0 Å². The Kier molecular flexibility index (Phi) is 3.32. The van der Waals surface area contributed by atoms with Crippen molar-refractivity contribution in [3.63, 3.8) is 0 Å². The summed E-state index contributed by atoms with van der Waals surface area (Å²) in [6.45, 7) is 5.65. The minimum atomic E-state index is -1.00. The number of aryl methyl sites for hydroxylation is 2. The molecule has 126 valence electrons. The lowest BCUT2D eigenvalue weighted by Crippen LogP contribution is -2.37. The van der Waals surface area contributed by atoms with Gasteiger partial charge in [-0.2, -0.15) is 0 Å². The van der Waals surface area contributed by atoms with Crippen LogP contribution in [-0.2, 0) is 16.8 Å². The van der Waals surface area contributed by atoms with Crippen LogP contribution in [0.4, 0.5) is 0 Å². The van der Waals surface area contributed by atoms with Crippen LogP contribution in [0.2, 0.25) is 0 Å². The van der Waals surface area contributed by atoms with E-state index < -0.39 is 5.60 Å². The van der Waals surface area contributed by atoms with E-state index >= 15 is 0 Å². The fourth-order valence-corrected chi connectivity index (χ4v) is 3.36. The second-order valence-electron chi connectivity index (χ2n) is 6.93. The molecule has 0 saturated carbocycles. The number of cyclic esters (lactones) is 1. The number of fused-ring (bicyclic) bond motifs is 2. The van der Waals surface area contributed by atoms with Gasteiger partial charge in [0, 0.05) is 12.5 Å². The zero-order valence-corrected chi connectivity index (χ0v) is 14.4. The number of rotatable bonds is 1. The van der Waals surface area contributed by atoms with E-state index in [0.29, 0.717) is 28.7 Å². The summed E-state index contributed by atoms with van der Waals surface area (Å²) < 4.78 is 11.6. The van der Waals surface area contributed by atoms with Gasteiger partial charge in [-0.1, -0.05) is 29.3 Å². The molecule has 25 heavy (non-hydrogen) atoms. The molecule has 0 amide bonds. The topological polar surface area (TPSA) is 56.5 Å². The second-order valence-corrected chi connectivity index (χ2v) is 6.93. The Balaban J connectivity index is 1.85. The van der Waals surface area contributed by atoms with E-state index in [1.807, 2.05) is 38.1 Å². The number of hydrogen-bond acceptors (Lipinski definition) is 4. The molecule has 0 aliphatic carbocycles. The van der Waals surface area contributed by atoms with Gasteiger partial charge in [-0.15, -0.1) is 0 Å². The first kappa shape index (κ1) is 15.6. The third kappa shape index (κ3) is 2.54. The van der Waals surface area contributed by atoms with Crippen molar-refractivity contribution in [3.8, 4) is 0 Å². The third-order valence-electron chi connectivity index (χ3n) is 4.73. The highest BCUT2D eigenvalue weighted by Gasteiger charge is 2.40. The van der Waals surface area contributed by atoms with Crippen LogP contribution >= 0.6 is 0 Å². The standard InChI is InChI=1S/C21H18O4/c1-12-4-6-14-11-21(3,25-20(23)15(14)8-12)19-10-17(22)16-9-13(2)5-7-18(16)24-19/h4-10H,11H2,1-3H3/t21-/m0/s1. The molecule has 0 bridgehead atoms. The molecule has 0 fully saturated rings. The molecule has 0 unspecified atom stereocenters. The molecule has 4 heteroatoms. The lowest BCUT2D eigenvalue weighted by Gasteiger charge is -2.33. The van der Waals surface area contributed by atoms with Gasteiger partial charge in [0.2, 0.25) is 0 Å². The van der Waals surface area contributed by atoms with E-state index in [-0.39, 0.29) is 11.4 Å². The fraction of sp³-hybridized carbons (Fsp3) is 0.238. The maximum Gasteiger partial charge on any atom is 0.339 e. The molecule has 1 aliphatic rings. The minimum Gasteiger partial charge on any atom is -0.457 e. The highest BCUT2D eigenvalue weighted by Crippen LogP contribution is 2.36. The maximum absolute atomic E-state index is 12.5. The van der Waals surface area contributed by atoms with Crippen LogP contribution in [-0.4, -0.2) is 5.97 Å². The Morgan fingerprint density at radius 2 is 1.68 bits per heavy atom. The molecule has 1 atom stereocenters. The summed E-state index contributed by atoms with van der Waals surface area (Å²) in [6.07, 6.45) is 0.467. The maximum atomic E-state index is 12.5.